The molecule has 0 atom stereocenters. The highest BCUT2D eigenvalue weighted by Gasteiger charge is 2.36. The summed E-state index contributed by atoms with van der Waals surface area (Å²) in [6.45, 7) is 3.03. The summed E-state index contributed by atoms with van der Waals surface area (Å²) in [6, 6.07) is 7.47. The summed E-state index contributed by atoms with van der Waals surface area (Å²) in [5, 5.41) is -0.721. The first-order chi connectivity index (χ1) is 12.2. The molecule has 2 fully saturated rings. The number of carbonyl (C=O) groups is 2. The number of rotatable bonds is 4. The summed E-state index contributed by atoms with van der Waals surface area (Å²) in [7, 11) is 0. The van der Waals surface area contributed by atoms with Crippen LogP contribution in [0.15, 0.2) is 29.2 Å². The number of hydrogen-bond acceptors (Lipinski definition) is 4. The normalized spacial score (nSPS) is 18.4. The van der Waals surface area contributed by atoms with E-state index in [1.165, 1.54) is 11.8 Å². The Morgan fingerprint density at radius 3 is 1.80 bits per heavy atom. The van der Waals surface area contributed by atoms with Gasteiger partial charge in [0.1, 0.15) is 0 Å². The molecule has 2 N–H and O–H groups in total. The Bertz CT molecular complexity index is 580. The van der Waals surface area contributed by atoms with Gasteiger partial charge in [0, 0.05) is 36.8 Å². The van der Waals surface area contributed by atoms with Crippen molar-refractivity contribution in [1.29, 1.82) is 0 Å². The zero-order chi connectivity index (χ0) is 17.6. The van der Waals surface area contributed by atoms with Crippen LogP contribution in [0.4, 0.5) is 5.69 Å². The third-order valence-corrected chi connectivity index (χ3v) is 6.21. The number of carbonyl (C=O) groups excluding carboxylic acids is 2. The molecule has 3 rings (SSSR count). The molecule has 1 aromatic rings. The number of benzene rings is 1. The van der Waals surface area contributed by atoms with Crippen molar-refractivity contribution >= 4 is 29.3 Å². The lowest BCUT2D eigenvalue weighted by Gasteiger charge is -2.33. The van der Waals surface area contributed by atoms with Gasteiger partial charge in [0.2, 0.25) is 11.8 Å². The molecule has 2 saturated heterocycles. The van der Waals surface area contributed by atoms with Crippen molar-refractivity contribution < 1.29 is 9.59 Å². The van der Waals surface area contributed by atoms with Gasteiger partial charge in [-0.05, 0) is 50.7 Å². The van der Waals surface area contributed by atoms with E-state index in [0.717, 1.165) is 69.6 Å². The van der Waals surface area contributed by atoms with E-state index in [-0.39, 0.29) is 11.8 Å². The number of anilines is 1. The van der Waals surface area contributed by atoms with Gasteiger partial charge in [-0.3, -0.25) is 9.59 Å². The quantitative estimate of drug-likeness (QED) is 0.509. The zero-order valence-corrected chi connectivity index (χ0v) is 15.5. The minimum absolute atomic E-state index is 0.0523. The molecule has 0 aromatic heterocycles. The molecule has 0 spiro atoms. The maximum atomic E-state index is 13.1. The van der Waals surface area contributed by atoms with Crippen LogP contribution < -0.4 is 5.73 Å². The van der Waals surface area contributed by atoms with Crippen LogP contribution in [0.1, 0.15) is 38.5 Å². The lowest BCUT2D eigenvalue weighted by atomic mass is 10.1. The predicted molar refractivity (Wildman–Crippen MR) is 101 cm³/mol. The van der Waals surface area contributed by atoms with Crippen LogP contribution >= 0.6 is 11.8 Å². The summed E-state index contributed by atoms with van der Waals surface area (Å²) in [5.74, 6) is -0.105. The molecular weight excluding hydrogens is 334 g/mol. The molecular formula is C19H27N3O2S. The fraction of sp³-hybridized carbons (Fsp3) is 0.579. The third kappa shape index (κ3) is 4.48. The second-order valence-electron chi connectivity index (χ2n) is 6.81. The second-order valence-corrected chi connectivity index (χ2v) is 7.95. The maximum Gasteiger partial charge on any atom is 0.245 e. The first-order valence-corrected chi connectivity index (χ1v) is 10.1. The molecule has 2 heterocycles. The first-order valence-electron chi connectivity index (χ1n) is 9.25. The van der Waals surface area contributed by atoms with Gasteiger partial charge in [0.25, 0.3) is 0 Å². The highest BCUT2D eigenvalue weighted by molar-refractivity contribution is 8.01. The Hall–Kier alpha value is -1.69. The lowest BCUT2D eigenvalue weighted by molar-refractivity contribution is -0.140. The van der Waals surface area contributed by atoms with E-state index in [1.54, 1.807) is 0 Å². The molecule has 1 aromatic carbocycles. The van der Waals surface area contributed by atoms with E-state index in [2.05, 4.69) is 0 Å². The fourth-order valence-corrected chi connectivity index (χ4v) is 4.60. The number of nitrogen functional groups attached to an aromatic ring is 1. The molecule has 0 aliphatic carbocycles. The molecule has 0 bridgehead atoms. The molecule has 2 amide bonds. The van der Waals surface area contributed by atoms with Gasteiger partial charge < -0.3 is 15.5 Å². The molecule has 2 aliphatic rings. The van der Waals surface area contributed by atoms with Crippen molar-refractivity contribution in [1.82, 2.24) is 9.80 Å². The van der Waals surface area contributed by atoms with Gasteiger partial charge in [-0.2, -0.15) is 0 Å². The van der Waals surface area contributed by atoms with Gasteiger partial charge in [-0.15, -0.1) is 11.8 Å². The lowest BCUT2D eigenvalue weighted by Crippen LogP contribution is -2.49. The van der Waals surface area contributed by atoms with E-state index in [0.29, 0.717) is 5.69 Å². The van der Waals surface area contributed by atoms with E-state index in [9.17, 15) is 9.59 Å². The van der Waals surface area contributed by atoms with Crippen molar-refractivity contribution in [3.63, 3.8) is 0 Å². The number of piperidine rings is 2. The van der Waals surface area contributed by atoms with E-state index >= 15 is 0 Å². The Morgan fingerprint density at radius 2 is 1.32 bits per heavy atom. The molecule has 136 valence electrons. The Balaban J connectivity index is 1.80. The van der Waals surface area contributed by atoms with Gasteiger partial charge in [0.05, 0.1) is 0 Å². The average molecular weight is 362 g/mol. The van der Waals surface area contributed by atoms with Gasteiger partial charge in [-0.25, -0.2) is 0 Å². The standard InChI is InChI=1S/C19H27N3O2S/c20-15-9-3-4-10-16(15)25-17(18(23)21-11-5-1-6-12-21)19(24)22-13-7-2-8-14-22/h3-4,9-10,17H,1-2,5-8,11-14,20H2. The van der Waals surface area contributed by atoms with Gasteiger partial charge in [0.15, 0.2) is 5.25 Å². The Kier molecular flexibility index (Phi) is 6.24. The van der Waals surface area contributed by atoms with Crippen molar-refractivity contribution in [2.24, 2.45) is 0 Å². The van der Waals surface area contributed by atoms with E-state index in [4.69, 9.17) is 5.73 Å². The number of hydrogen-bond donors (Lipinski definition) is 1. The fourth-order valence-electron chi connectivity index (χ4n) is 3.48. The summed E-state index contributed by atoms with van der Waals surface area (Å²) >= 11 is 1.31. The molecule has 0 saturated carbocycles. The zero-order valence-electron chi connectivity index (χ0n) is 14.7. The number of nitrogens with two attached hydrogens (primary N) is 1. The SMILES string of the molecule is Nc1ccccc1SC(C(=O)N1CCCCC1)C(=O)N1CCCCC1. The number of thioether (sulfide) groups is 1. The van der Waals surface area contributed by atoms with Gasteiger partial charge >= 0.3 is 0 Å². The van der Waals surface area contributed by atoms with Crippen molar-refractivity contribution in [2.45, 2.75) is 48.7 Å². The number of likely N-dealkylation sites (tertiary alicyclic amines) is 2. The Morgan fingerprint density at radius 1 is 0.840 bits per heavy atom. The summed E-state index contributed by atoms with van der Waals surface area (Å²) in [6.07, 6.45) is 6.41. The van der Waals surface area contributed by atoms with Gasteiger partial charge in [-0.1, -0.05) is 12.1 Å². The topological polar surface area (TPSA) is 66.6 Å². The summed E-state index contributed by atoms with van der Waals surface area (Å²) in [4.78, 5) is 30.8. The maximum absolute atomic E-state index is 13.1. The molecule has 0 radical (unpaired) electrons. The molecule has 2 aliphatic heterocycles. The van der Waals surface area contributed by atoms with Crippen LogP contribution in [0.5, 0.6) is 0 Å². The van der Waals surface area contributed by atoms with Crippen LogP contribution in [-0.2, 0) is 9.59 Å². The minimum atomic E-state index is -0.721. The summed E-state index contributed by atoms with van der Waals surface area (Å²) < 4.78 is 0. The summed E-state index contributed by atoms with van der Waals surface area (Å²) in [5.41, 5.74) is 6.68. The second kappa shape index (κ2) is 8.61. The predicted octanol–water partition coefficient (Wildman–Crippen LogP) is 2.75. The molecule has 25 heavy (non-hydrogen) atoms. The molecule has 0 unspecified atom stereocenters. The van der Waals surface area contributed by atoms with Crippen LogP contribution in [0, 0.1) is 0 Å². The number of nitrogens with zero attached hydrogens (tertiary/aromatic N) is 2. The number of amides is 2. The first kappa shape index (κ1) is 18.1. The van der Waals surface area contributed by atoms with Crippen LogP contribution in [0.25, 0.3) is 0 Å². The van der Waals surface area contributed by atoms with Crippen molar-refractivity contribution in [3.05, 3.63) is 24.3 Å². The van der Waals surface area contributed by atoms with Crippen molar-refractivity contribution in [3.8, 4) is 0 Å². The van der Waals surface area contributed by atoms with Crippen LogP contribution in [-0.4, -0.2) is 53.0 Å². The van der Waals surface area contributed by atoms with E-state index in [1.807, 2.05) is 34.1 Å². The van der Waals surface area contributed by atoms with Crippen LogP contribution in [0.2, 0.25) is 0 Å². The Labute approximate surface area is 153 Å². The average Bonchev–Trinajstić information content (AvgIpc) is 2.68. The van der Waals surface area contributed by atoms with Crippen LogP contribution in [0.3, 0.4) is 0 Å². The minimum Gasteiger partial charge on any atom is -0.398 e. The monoisotopic (exact) mass is 361 g/mol. The smallest absolute Gasteiger partial charge is 0.245 e. The largest absolute Gasteiger partial charge is 0.398 e. The molecule has 6 heteroatoms. The van der Waals surface area contributed by atoms with E-state index < -0.39 is 5.25 Å². The molecule has 5 nitrogen and oxygen atoms in total. The highest BCUT2D eigenvalue weighted by Crippen LogP contribution is 2.31. The third-order valence-electron chi connectivity index (χ3n) is 4.95. The highest BCUT2D eigenvalue weighted by atomic mass is 32.2. The number of para-hydroxylation sites is 1. The van der Waals surface area contributed by atoms with Crippen molar-refractivity contribution in [2.75, 3.05) is 31.9 Å².